The quantitative estimate of drug-likeness (QED) is 0.620. The van der Waals surface area contributed by atoms with Crippen molar-refractivity contribution >= 4 is 31.6 Å². The van der Waals surface area contributed by atoms with Crippen molar-refractivity contribution in [3.8, 4) is 0 Å². The van der Waals surface area contributed by atoms with Crippen LogP contribution in [0.1, 0.15) is 33.1 Å². The van der Waals surface area contributed by atoms with E-state index in [1.54, 1.807) is 19.1 Å². The first kappa shape index (κ1) is 22.6. The van der Waals surface area contributed by atoms with Crippen molar-refractivity contribution < 1.29 is 18.6 Å². The van der Waals surface area contributed by atoms with E-state index in [9.17, 15) is 18.6 Å². The lowest BCUT2D eigenvalue weighted by Crippen LogP contribution is -2.37. The Kier molecular flexibility index (Phi) is 8.12. The van der Waals surface area contributed by atoms with Gasteiger partial charge in [-0.25, -0.2) is 8.42 Å². The highest BCUT2D eigenvalue weighted by atomic mass is 79.9. The van der Waals surface area contributed by atoms with Crippen LogP contribution >= 0.6 is 15.9 Å². The Labute approximate surface area is 171 Å². The molecule has 8 heteroatoms. The normalized spacial score (nSPS) is 18.7. The highest BCUT2D eigenvalue weighted by Crippen LogP contribution is 2.34. The van der Waals surface area contributed by atoms with Gasteiger partial charge in [0.25, 0.3) is 0 Å². The Morgan fingerprint density at radius 2 is 1.85 bits per heavy atom. The van der Waals surface area contributed by atoms with Crippen LogP contribution in [0.25, 0.3) is 0 Å². The number of benzene rings is 1. The summed E-state index contributed by atoms with van der Waals surface area (Å²) in [7, 11) is -2.16. The molecule has 0 aliphatic carbocycles. The Morgan fingerprint density at radius 3 is 2.37 bits per heavy atom. The Hall–Kier alpha value is -0.670. The first-order chi connectivity index (χ1) is 12.7. The minimum Gasteiger partial charge on any atom is -0.396 e. The molecule has 1 aromatic rings. The summed E-state index contributed by atoms with van der Waals surface area (Å²) in [5, 5.41) is 18.5. The molecule has 1 fully saturated rings. The second-order valence-corrected chi connectivity index (χ2v) is 10.5. The molecule has 1 aliphatic rings. The summed E-state index contributed by atoms with van der Waals surface area (Å²) < 4.78 is 27.4. The van der Waals surface area contributed by atoms with E-state index in [1.165, 1.54) is 11.4 Å². The van der Waals surface area contributed by atoms with Crippen molar-refractivity contribution in [1.29, 1.82) is 0 Å². The molecule has 2 N–H and O–H groups in total. The van der Waals surface area contributed by atoms with Gasteiger partial charge < -0.3 is 15.1 Å². The van der Waals surface area contributed by atoms with Crippen LogP contribution in [0.5, 0.6) is 0 Å². The van der Waals surface area contributed by atoms with Crippen LogP contribution in [-0.4, -0.2) is 62.3 Å². The zero-order valence-corrected chi connectivity index (χ0v) is 18.7. The largest absolute Gasteiger partial charge is 0.396 e. The van der Waals surface area contributed by atoms with Crippen molar-refractivity contribution in [1.82, 2.24) is 4.31 Å². The zero-order chi connectivity index (χ0) is 20.2. The number of nitrogens with zero attached hydrogens (tertiary/aromatic N) is 2. The predicted octanol–water partition coefficient (Wildman–Crippen LogP) is 2.69. The van der Waals surface area contributed by atoms with Crippen LogP contribution in [0.4, 0.5) is 5.69 Å². The molecular formula is C19H31BrN2O4S. The van der Waals surface area contributed by atoms with Gasteiger partial charge in [-0.15, -0.1) is 0 Å². The maximum Gasteiger partial charge on any atom is 0.243 e. The first-order valence-corrected chi connectivity index (χ1v) is 11.7. The molecule has 1 aliphatic heterocycles. The lowest BCUT2D eigenvalue weighted by atomic mass is 9.88. The van der Waals surface area contributed by atoms with E-state index < -0.39 is 16.1 Å². The number of likely N-dealkylation sites (N-methyl/N-ethyl adjacent to an activating group) is 1. The van der Waals surface area contributed by atoms with E-state index in [4.69, 9.17) is 0 Å². The number of anilines is 1. The number of aliphatic hydroxyl groups excluding tert-OH is 2. The monoisotopic (exact) mass is 462 g/mol. The molecular weight excluding hydrogens is 432 g/mol. The number of rotatable bonds is 8. The molecule has 6 nitrogen and oxygen atoms in total. The van der Waals surface area contributed by atoms with Crippen LogP contribution in [-0.2, 0) is 10.0 Å². The van der Waals surface area contributed by atoms with Gasteiger partial charge in [0, 0.05) is 37.3 Å². The summed E-state index contributed by atoms with van der Waals surface area (Å²) in [6.45, 7) is 5.62. The third kappa shape index (κ3) is 5.44. The summed E-state index contributed by atoms with van der Waals surface area (Å²) in [5.41, 5.74) is 1.00. The summed E-state index contributed by atoms with van der Waals surface area (Å²) >= 11 is 3.54. The molecule has 1 unspecified atom stereocenters. The van der Waals surface area contributed by atoms with E-state index in [1.807, 2.05) is 6.07 Å². The highest BCUT2D eigenvalue weighted by molar-refractivity contribution is 9.10. The fraction of sp³-hybridized carbons (Fsp3) is 0.684. The van der Waals surface area contributed by atoms with Crippen LogP contribution in [0.2, 0.25) is 0 Å². The van der Waals surface area contributed by atoms with Crippen molar-refractivity contribution in [2.24, 2.45) is 11.8 Å². The molecule has 0 saturated carbocycles. The van der Waals surface area contributed by atoms with E-state index >= 15 is 0 Å². The molecule has 2 atom stereocenters. The average molecular weight is 463 g/mol. The van der Waals surface area contributed by atoms with Gasteiger partial charge in [0.15, 0.2) is 0 Å². The van der Waals surface area contributed by atoms with Gasteiger partial charge in [-0.05, 0) is 72.2 Å². The van der Waals surface area contributed by atoms with Crippen molar-refractivity contribution in [3.63, 3.8) is 0 Å². The van der Waals surface area contributed by atoms with Crippen molar-refractivity contribution in [2.75, 3.05) is 38.3 Å². The molecule has 2 rings (SSSR count). The van der Waals surface area contributed by atoms with Crippen molar-refractivity contribution in [2.45, 2.75) is 44.0 Å². The minimum atomic E-state index is -3.64. The molecule has 0 amide bonds. The third-order valence-electron chi connectivity index (χ3n) is 5.48. The third-order valence-corrected chi connectivity index (χ3v) is 8.09. The van der Waals surface area contributed by atoms with E-state index in [0.29, 0.717) is 11.8 Å². The lowest BCUT2D eigenvalue weighted by Gasteiger charge is -2.35. The molecule has 0 aromatic heterocycles. The van der Waals surface area contributed by atoms with E-state index in [0.717, 1.165) is 42.5 Å². The molecule has 1 aromatic carbocycles. The standard InChI is InChI=1S/C19H31BrN2O4S/c1-14(12-23)10-16-6-8-22(9-7-16)19-5-4-17(11-18(19)20)27(25,26)21(3)15(2)13-24/h4-5,11,14-16,23-24H,6-10,12-13H2,1-3H3/t14?,15-/m0/s1. The number of halogens is 1. The second kappa shape index (κ2) is 9.69. The van der Waals surface area contributed by atoms with Crippen LogP contribution in [0.3, 0.4) is 0 Å². The van der Waals surface area contributed by atoms with Gasteiger partial charge in [-0.2, -0.15) is 4.31 Å². The molecule has 0 radical (unpaired) electrons. The van der Waals surface area contributed by atoms with Crippen LogP contribution in [0.15, 0.2) is 27.6 Å². The zero-order valence-electron chi connectivity index (χ0n) is 16.3. The van der Waals surface area contributed by atoms with E-state index in [2.05, 4.69) is 27.8 Å². The van der Waals surface area contributed by atoms with Gasteiger partial charge in [-0.1, -0.05) is 6.92 Å². The maximum atomic E-state index is 12.7. The average Bonchev–Trinajstić information content (AvgIpc) is 2.67. The minimum absolute atomic E-state index is 0.215. The summed E-state index contributed by atoms with van der Waals surface area (Å²) in [5.74, 6) is 0.978. The Morgan fingerprint density at radius 1 is 1.22 bits per heavy atom. The number of aliphatic hydroxyl groups is 2. The Balaban J connectivity index is 2.10. The molecule has 154 valence electrons. The summed E-state index contributed by atoms with van der Waals surface area (Å²) in [6.07, 6.45) is 3.21. The van der Waals surface area contributed by atoms with Crippen molar-refractivity contribution in [3.05, 3.63) is 22.7 Å². The number of hydrogen-bond donors (Lipinski definition) is 2. The highest BCUT2D eigenvalue weighted by Gasteiger charge is 2.27. The lowest BCUT2D eigenvalue weighted by molar-refractivity contribution is 0.203. The van der Waals surface area contributed by atoms with Crippen LogP contribution < -0.4 is 4.90 Å². The molecule has 27 heavy (non-hydrogen) atoms. The predicted molar refractivity (Wildman–Crippen MR) is 111 cm³/mol. The van der Waals surface area contributed by atoms with Gasteiger partial charge in [0.1, 0.15) is 0 Å². The fourth-order valence-electron chi connectivity index (χ4n) is 3.48. The SMILES string of the molecule is CC(CO)CC1CCN(c2ccc(S(=O)(=O)N(C)[C@@H](C)CO)cc2Br)CC1. The van der Waals surface area contributed by atoms with E-state index in [-0.39, 0.29) is 18.1 Å². The number of hydrogen-bond acceptors (Lipinski definition) is 5. The number of sulfonamides is 1. The van der Waals surface area contributed by atoms with Gasteiger partial charge in [-0.3, -0.25) is 0 Å². The smallest absolute Gasteiger partial charge is 0.243 e. The Bertz CT molecular complexity index is 720. The number of piperidine rings is 1. The maximum absolute atomic E-state index is 12.7. The summed E-state index contributed by atoms with van der Waals surface area (Å²) in [4.78, 5) is 2.49. The van der Waals surface area contributed by atoms with Gasteiger partial charge in [0.2, 0.25) is 10.0 Å². The topological polar surface area (TPSA) is 81.1 Å². The first-order valence-electron chi connectivity index (χ1n) is 9.45. The molecule has 0 spiro atoms. The molecule has 1 saturated heterocycles. The summed E-state index contributed by atoms with van der Waals surface area (Å²) in [6, 6.07) is 4.65. The molecule has 1 heterocycles. The second-order valence-electron chi connectivity index (χ2n) is 7.62. The van der Waals surface area contributed by atoms with Gasteiger partial charge in [0.05, 0.1) is 17.2 Å². The fourth-order valence-corrected chi connectivity index (χ4v) is 5.64. The van der Waals surface area contributed by atoms with Gasteiger partial charge >= 0.3 is 0 Å². The van der Waals surface area contributed by atoms with Crippen LogP contribution in [0, 0.1) is 11.8 Å². The molecule has 0 bridgehead atoms.